The van der Waals surface area contributed by atoms with Crippen molar-refractivity contribution in [2.45, 2.75) is 32.7 Å². The average Bonchev–Trinajstić information content (AvgIpc) is 3.38. The first-order chi connectivity index (χ1) is 14.0. The number of fused-ring (bicyclic) bond motifs is 1. The second kappa shape index (κ2) is 8.32. The standard InChI is InChI=1S/C21H25FN4O3/c1-14-4-5-15(12-17(14)22)21(28)26-10-6-18-16(13-26)19(24-29-18)20(27)23-7-11-25-8-2-3-9-25/h4-5,12H,2-3,6-11,13H2,1H3,(H,23,27). The van der Waals surface area contributed by atoms with Crippen molar-refractivity contribution in [1.82, 2.24) is 20.3 Å². The molecule has 0 unspecified atom stereocenters. The number of carbonyl (C=O) groups excluding carboxylic acids is 2. The van der Waals surface area contributed by atoms with E-state index < -0.39 is 5.82 Å². The smallest absolute Gasteiger partial charge is 0.273 e. The summed E-state index contributed by atoms with van der Waals surface area (Å²) in [5.41, 5.74) is 1.66. The third-order valence-electron chi connectivity index (χ3n) is 5.66. The fraction of sp³-hybridized carbons (Fsp3) is 0.476. The summed E-state index contributed by atoms with van der Waals surface area (Å²) in [7, 11) is 0. The summed E-state index contributed by atoms with van der Waals surface area (Å²) >= 11 is 0. The number of aryl methyl sites for hydroxylation is 1. The van der Waals surface area contributed by atoms with E-state index >= 15 is 0 Å². The van der Waals surface area contributed by atoms with Crippen molar-refractivity contribution >= 4 is 11.8 Å². The highest BCUT2D eigenvalue weighted by atomic mass is 19.1. The van der Waals surface area contributed by atoms with E-state index in [4.69, 9.17) is 4.52 Å². The van der Waals surface area contributed by atoms with Crippen LogP contribution in [0.4, 0.5) is 4.39 Å². The molecule has 2 amide bonds. The Morgan fingerprint density at radius 3 is 2.79 bits per heavy atom. The number of amides is 2. The summed E-state index contributed by atoms with van der Waals surface area (Å²) in [5.74, 6) is -0.327. The van der Waals surface area contributed by atoms with E-state index in [1.165, 1.54) is 18.9 Å². The van der Waals surface area contributed by atoms with Gasteiger partial charge in [-0.3, -0.25) is 9.59 Å². The number of rotatable bonds is 5. The van der Waals surface area contributed by atoms with Crippen LogP contribution >= 0.6 is 0 Å². The molecule has 0 atom stereocenters. The molecule has 4 rings (SSSR count). The third kappa shape index (κ3) is 4.17. The maximum atomic E-state index is 13.8. The number of nitrogens with one attached hydrogen (secondary N) is 1. The van der Waals surface area contributed by atoms with Crippen LogP contribution in [0.1, 0.15) is 50.6 Å². The number of hydrogen-bond donors (Lipinski definition) is 1. The van der Waals surface area contributed by atoms with Gasteiger partial charge in [0.25, 0.3) is 11.8 Å². The molecule has 2 aliphatic heterocycles. The van der Waals surface area contributed by atoms with Gasteiger partial charge in [-0.25, -0.2) is 4.39 Å². The predicted octanol–water partition coefficient (Wildman–Crippen LogP) is 2.15. The van der Waals surface area contributed by atoms with Gasteiger partial charge >= 0.3 is 0 Å². The molecule has 0 radical (unpaired) electrons. The Morgan fingerprint density at radius 1 is 1.24 bits per heavy atom. The van der Waals surface area contributed by atoms with Crippen molar-refractivity contribution in [2.75, 3.05) is 32.7 Å². The molecule has 0 spiro atoms. The van der Waals surface area contributed by atoms with Gasteiger partial charge in [-0.05, 0) is 50.6 Å². The van der Waals surface area contributed by atoms with Gasteiger partial charge in [0.05, 0.1) is 6.54 Å². The van der Waals surface area contributed by atoms with Gasteiger partial charge in [0.1, 0.15) is 11.6 Å². The first kappa shape index (κ1) is 19.6. The molecule has 3 heterocycles. The molecular formula is C21H25FN4O3. The van der Waals surface area contributed by atoms with Crippen molar-refractivity contribution in [1.29, 1.82) is 0 Å². The minimum atomic E-state index is -0.406. The second-order valence-corrected chi connectivity index (χ2v) is 7.68. The summed E-state index contributed by atoms with van der Waals surface area (Å²) in [6.07, 6.45) is 2.89. The molecule has 29 heavy (non-hydrogen) atoms. The molecule has 1 aromatic carbocycles. The van der Waals surface area contributed by atoms with Crippen molar-refractivity contribution in [3.05, 3.63) is 52.2 Å². The van der Waals surface area contributed by atoms with Gasteiger partial charge in [0.2, 0.25) is 0 Å². The number of aromatic nitrogens is 1. The molecule has 2 aromatic rings. The van der Waals surface area contributed by atoms with Crippen LogP contribution < -0.4 is 5.32 Å². The zero-order valence-corrected chi connectivity index (χ0v) is 16.5. The molecular weight excluding hydrogens is 375 g/mol. The molecule has 0 aliphatic carbocycles. The monoisotopic (exact) mass is 400 g/mol. The number of hydrogen-bond acceptors (Lipinski definition) is 5. The summed E-state index contributed by atoms with van der Waals surface area (Å²) in [6.45, 7) is 5.83. The molecule has 1 aromatic heterocycles. The number of nitrogens with zero attached hydrogens (tertiary/aromatic N) is 3. The quantitative estimate of drug-likeness (QED) is 0.832. The second-order valence-electron chi connectivity index (χ2n) is 7.68. The van der Waals surface area contributed by atoms with Crippen LogP contribution in [-0.4, -0.2) is 59.5 Å². The van der Waals surface area contributed by atoms with Gasteiger partial charge < -0.3 is 19.6 Å². The number of halogens is 1. The lowest BCUT2D eigenvalue weighted by Crippen LogP contribution is -2.37. The molecule has 1 fully saturated rings. The third-order valence-corrected chi connectivity index (χ3v) is 5.66. The van der Waals surface area contributed by atoms with Gasteiger partial charge in [0, 0.05) is 37.2 Å². The zero-order chi connectivity index (χ0) is 20.4. The van der Waals surface area contributed by atoms with Crippen LogP contribution in [0, 0.1) is 12.7 Å². The van der Waals surface area contributed by atoms with E-state index in [0.717, 1.165) is 19.6 Å². The molecule has 0 saturated carbocycles. The number of benzene rings is 1. The largest absolute Gasteiger partial charge is 0.360 e. The molecule has 0 bridgehead atoms. The van der Waals surface area contributed by atoms with Crippen LogP contribution in [-0.2, 0) is 13.0 Å². The van der Waals surface area contributed by atoms with Crippen LogP contribution in [0.5, 0.6) is 0 Å². The van der Waals surface area contributed by atoms with E-state index in [9.17, 15) is 14.0 Å². The topological polar surface area (TPSA) is 78.7 Å². The van der Waals surface area contributed by atoms with Gasteiger partial charge in [-0.2, -0.15) is 0 Å². The Bertz CT molecular complexity index is 921. The lowest BCUT2D eigenvalue weighted by Gasteiger charge is -2.26. The SMILES string of the molecule is Cc1ccc(C(=O)N2CCc3onc(C(=O)NCCN4CCCC4)c3C2)cc1F. The van der Waals surface area contributed by atoms with Crippen molar-refractivity contribution in [2.24, 2.45) is 0 Å². The molecule has 154 valence electrons. The van der Waals surface area contributed by atoms with Crippen molar-refractivity contribution in [3.8, 4) is 0 Å². The lowest BCUT2D eigenvalue weighted by molar-refractivity contribution is 0.0726. The van der Waals surface area contributed by atoms with E-state index in [2.05, 4.69) is 15.4 Å². The predicted molar refractivity (Wildman–Crippen MR) is 104 cm³/mol. The highest BCUT2D eigenvalue weighted by Gasteiger charge is 2.30. The maximum absolute atomic E-state index is 13.8. The van der Waals surface area contributed by atoms with Crippen LogP contribution in [0.3, 0.4) is 0 Å². The average molecular weight is 400 g/mol. The summed E-state index contributed by atoms with van der Waals surface area (Å²) < 4.78 is 19.2. The van der Waals surface area contributed by atoms with Gasteiger partial charge in [-0.1, -0.05) is 11.2 Å². The van der Waals surface area contributed by atoms with Crippen LogP contribution in [0.25, 0.3) is 0 Å². The highest BCUT2D eigenvalue weighted by molar-refractivity contribution is 5.96. The molecule has 7 nitrogen and oxygen atoms in total. The lowest BCUT2D eigenvalue weighted by atomic mass is 10.0. The number of likely N-dealkylation sites (tertiary alicyclic amines) is 1. The van der Waals surface area contributed by atoms with Gasteiger partial charge in [-0.15, -0.1) is 0 Å². The number of carbonyl (C=O) groups is 2. The minimum absolute atomic E-state index is 0.224. The van der Waals surface area contributed by atoms with Crippen LogP contribution in [0.15, 0.2) is 22.7 Å². The minimum Gasteiger partial charge on any atom is -0.360 e. The van der Waals surface area contributed by atoms with E-state index in [-0.39, 0.29) is 24.1 Å². The van der Waals surface area contributed by atoms with E-state index in [0.29, 0.717) is 42.0 Å². The molecule has 1 N–H and O–H groups in total. The Balaban J connectivity index is 1.42. The van der Waals surface area contributed by atoms with Crippen molar-refractivity contribution < 1.29 is 18.5 Å². The summed E-state index contributed by atoms with van der Waals surface area (Å²) in [5, 5.41) is 6.84. The first-order valence-electron chi connectivity index (χ1n) is 10.1. The van der Waals surface area contributed by atoms with Crippen LogP contribution in [0.2, 0.25) is 0 Å². The maximum Gasteiger partial charge on any atom is 0.273 e. The Kier molecular flexibility index (Phi) is 5.62. The van der Waals surface area contributed by atoms with E-state index in [1.807, 2.05) is 0 Å². The Morgan fingerprint density at radius 2 is 2.03 bits per heavy atom. The molecule has 8 heteroatoms. The summed E-state index contributed by atoms with van der Waals surface area (Å²) in [6, 6.07) is 4.47. The Labute approximate surface area is 168 Å². The normalized spacial score (nSPS) is 16.7. The highest BCUT2D eigenvalue weighted by Crippen LogP contribution is 2.24. The van der Waals surface area contributed by atoms with Gasteiger partial charge in [0.15, 0.2) is 5.69 Å². The zero-order valence-electron chi connectivity index (χ0n) is 16.5. The van der Waals surface area contributed by atoms with E-state index in [1.54, 1.807) is 24.0 Å². The van der Waals surface area contributed by atoms with Crippen molar-refractivity contribution in [3.63, 3.8) is 0 Å². The fourth-order valence-corrected chi connectivity index (χ4v) is 3.89. The summed E-state index contributed by atoms with van der Waals surface area (Å²) in [4.78, 5) is 29.3. The molecule has 2 aliphatic rings. The first-order valence-corrected chi connectivity index (χ1v) is 10.1. The Hall–Kier alpha value is -2.74. The fourth-order valence-electron chi connectivity index (χ4n) is 3.89. The molecule has 1 saturated heterocycles.